The Hall–Kier alpha value is -1.73. The standard InChI is InChI=1S/C17H26N4O2S/c1-12-4-5-15(13(2)8-12)18-9-16(22)19-20-17(23)10-21(3)14-6-7-24-11-14/h4-5,8,14,18H,6-7,9-11H2,1-3H3,(H,19,22)(H,20,23)/t14-/m0/s1. The van der Waals surface area contributed by atoms with Crippen molar-refractivity contribution in [1.29, 1.82) is 0 Å². The van der Waals surface area contributed by atoms with Crippen LogP contribution in [0.4, 0.5) is 5.69 Å². The molecule has 1 aromatic rings. The molecule has 6 nitrogen and oxygen atoms in total. The van der Waals surface area contributed by atoms with Gasteiger partial charge in [0.15, 0.2) is 0 Å². The number of nitrogens with zero attached hydrogens (tertiary/aromatic N) is 1. The van der Waals surface area contributed by atoms with Gasteiger partial charge in [-0.05, 0) is 44.7 Å². The van der Waals surface area contributed by atoms with Gasteiger partial charge in [-0.25, -0.2) is 0 Å². The van der Waals surface area contributed by atoms with Gasteiger partial charge in [-0.1, -0.05) is 17.7 Å². The Bertz CT molecular complexity index is 588. The number of likely N-dealkylation sites (N-methyl/N-ethyl adjacent to an activating group) is 1. The van der Waals surface area contributed by atoms with Crippen molar-refractivity contribution in [3.63, 3.8) is 0 Å². The number of carbonyl (C=O) groups is 2. The van der Waals surface area contributed by atoms with E-state index in [0.717, 1.165) is 29.2 Å². The van der Waals surface area contributed by atoms with Gasteiger partial charge in [0.05, 0.1) is 13.1 Å². The molecule has 3 N–H and O–H groups in total. The van der Waals surface area contributed by atoms with Gasteiger partial charge in [0, 0.05) is 17.5 Å². The molecule has 7 heteroatoms. The summed E-state index contributed by atoms with van der Waals surface area (Å²) in [5.41, 5.74) is 8.10. The number of hydrazine groups is 1. The SMILES string of the molecule is Cc1ccc(NCC(=O)NNC(=O)CN(C)[C@H]2CCSC2)c(C)c1. The molecule has 0 aliphatic carbocycles. The molecule has 1 aliphatic heterocycles. The minimum absolute atomic E-state index is 0.110. The molecule has 0 saturated carbocycles. The van der Waals surface area contributed by atoms with Crippen molar-refractivity contribution in [2.75, 3.05) is 37.0 Å². The van der Waals surface area contributed by atoms with Gasteiger partial charge in [0.25, 0.3) is 11.8 Å². The molecule has 2 amide bonds. The molecule has 1 aromatic carbocycles. The zero-order chi connectivity index (χ0) is 17.5. The number of anilines is 1. The molecule has 0 radical (unpaired) electrons. The van der Waals surface area contributed by atoms with Crippen LogP contribution >= 0.6 is 11.8 Å². The van der Waals surface area contributed by atoms with Gasteiger partial charge >= 0.3 is 0 Å². The second-order valence-corrected chi connectivity index (χ2v) is 7.35. The molecule has 24 heavy (non-hydrogen) atoms. The van der Waals surface area contributed by atoms with E-state index in [1.165, 1.54) is 5.56 Å². The van der Waals surface area contributed by atoms with Crippen LogP contribution in [0.2, 0.25) is 0 Å². The molecule has 0 unspecified atom stereocenters. The average Bonchev–Trinajstić information content (AvgIpc) is 3.06. The van der Waals surface area contributed by atoms with Crippen LogP contribution < -0.4 is 16.2 Å². The topological polar surface area (TPSA) is 73.5 Å². The summed E-state index contributed by atoms with van der Waals surface area (Å²) in [6.45, 7) is 4.42. The first-order valence-electron chi connectivity index (χ1n) is 8.12. The van der Waals surface area contributed by atoms with E-state index < -0.39 is 0 Å². The summed E-state index contributed by atoms with van der Waals surface area (Å²) in [5, 5.41) is 3.07. The van der Waals surface area contributed by atoms with Gasteiger partial charge in [0.2, 0.25) is 0 Å². The summed E-state index contributed by atoms with van der Waals surface area (Å²) < 4.78 is 0. The minimum Gasteiger partial charge on any atom is -0.376 e. The van der Waals surface area contributed by atoms with Gasteiger partial charge < -0.3 is 5.32 Å². The van der Waals surface area contributed by atoms with Gasteiger partial charge in [-0.3, -0.25) is 25.3 Å². The fraction of sp³-hybridized carbons (Fsp3) is 0.529. The fourth-order valence-corrected chi connectivity index (χ4v) is 3.93. The minimum atomic E-state index is -0.276. The summed E-state index contributed by atoms with van der Waals surface area (Å²) in [6.07, 6.45) is 1.11. The number of rotatable bonds is 6. The smallest absolute Gasteiger partial charge is 0.257 e. The van der Waals surface area contributed by atoms with Crippen LogP contribution in [0.5, 0.6) is 0 Å². The predicted octanol–water partition coefficient (Wildman–Crippen LogP) is 1.30. The lowest BCUT2D eigenvalue weighted by Gasteiger charge is -2.22. The van der Waals surface area contributed by atoms with Gasteiger partial charge in [-0.15, -0.1) is 0 Å². The average molecular weight is 350 g/mol. The molecule has 0 bridgehead atoms. The highest BCUT2D eigenvalue weighted by atomic mass is 32.2. The van der Waals surface area contributed by atoms with E-state index in [-0.39, 0.29) is 24.9 Å². The largest absolute Gasteiger partial charge is 0.376 e. The third kappa shape index (κ3) is 5.72. The Balaban J connectivity index is 1.67. The van der Waals surface area contributed by atoms with Crippen LogP contribution in [0, 0.1) is 13.8 Å². The highest BCUT2D eigenvalue weighted by molar-refractivity contribution is 7.99. The van der Waals surface area contributed by atoms with Crippen molar-refractivity contribution in [3.8, 4) is 0 Å². The van der Waals surface area contributed by atoms with Gasteiger partial charge in [0.1, 0.15) is 0 Å². The second kappa shape index (κ2) is 8.94. The van der Waals surface area contributed by atoms with E-state index in [4.69, 9.17) is 0 Å². The molecular formula is C17H26N4O2S. The van der Waals surface area contributed by atoms with E-state index in [0.29, 0.717) is 6.04 Å². The maximum atomic E-state index is 11.9. The van der Waals surface area contributed by atoms with Crippen LogP contribution in [-0.4, -0.2) is 54.4 Å². The van der Waals surface area contributed by atoms with Crippen LogP contribution in [0.15, 0.2) is 18.2 Å². The van der Waals surface area contributed by atoms with Crippen molar-refractivity contribution in [3.05, 3.63) is 29.3 Å². The first kappa shape index (κ1) is 18.6. The highest BCUT2D eigenvalue weighted by Crippen LogP contribution is 2.20. The van der Waals surface area contributed by atoms with Crippen molar-refractivity contribution in [1.82, 2.24) is 15.8 Å². The van der Waals surface area contributed by atoms with Crippen LogP contribution in [0.1, 0.15) is 17.5 Å². The van der Waals surface area contributed by atoms with E-state index in [1.54, 1.807) is 0 Å². The van der Waals surface area contributed by atoms with E-state index in [2.05, 4.69) is 22.2 Å². The number of nitrogens with one attached hydrogen (secondary N) is 3. The molecule has 2 rings (SSSR count). The summed E-state index contributed by atoms with van der Waals surface area (Å²) in [4.78, 5) is 25.8. The number of thioether (sulfide) groups is 1. The Morgan fingerprint density at radius 1 is 1.25 bits per heavy atom. The molecule has 1 aliphatic rings. The first-order valence-corrected chi connectivity index (χ1v) is 9.28. The van der Waals surface area contributed by atoms with Gasteiger partial charge in [-0.2, -0.15) is 11.8 Å². The predicted molar refractivity (Wildman–Crippen MR) is 99.1 cm³/mol. The molecule has 1 fully saturated rings. The number of hydrogen-bond donors (Lipinski definition) is 3. The number of amides is 2. The highest BCUT2D eigenvalue weighted by Gasteiger charge is 2.21. The Labute approximate surface area is 147 Å². The number of aryl methyl sites for hydroxylation is 2. The Morgan fingerprint density at radius 3 is 2.67 bits per heavy atom. The molecule has 1 atom stereocenters. The van der Waals surface area contributed by atoms with Crippen LogP contribution in [0.25, 0.3) is 0 Å². The second-order valence-electron chi connectivity index (χ2n) is 6.20. The van der Waals surface area contributed by atoms with E-state index in [1.807, 2.05) is 49.7 Å². The lowest BCUT2D eigenvalue weighted by atomic mass is 10.1. The summed E-state index contributed by atoms with van der Waals surface area (Å²) in [5.74, 6) is 1.74. The summed E-state index contributed by atoms with van der Waals surface area (Å²) in [6, 6.07) is 6.44. The fourth-order valence-electron chi connectivity index (χ4n) is 2.64. The molecule has 0 aromatic heterocycles. The first-order chi connectivity index (χ1) is 11.5. The number of hydrogen-bond acceptors (Lipinski definition) is 5. The monoisotopic (exact) mass is 350 g/mol. The van der Waals surface area contributed by atoms with Crippen molar-refractivity contribution < 1.29 is 9.59 Å². The normalized spacial score (nSPS) is 16.9. The molecule has 1 heterocycles. The van der Waals surface area contributed by atoms with E-state index in [9.17, 15) is 9.59 Å². The molecule has 0 spiro atoms. The quantitative estimate of drug-likeness (QED) is 0.675. The third-order valence-corrected chi connectivity index (χ3v) is 5.23. The summed E-state index contributed by atoms with van der Waals surface area (Å²) >= 11 is 1.91. The van der Waals surface area contributed by atoms with Crippen molar-refractivity contribution in [2.24, 2.45) is 0 Å². The Kier molecular flexibility index (Phi) is 6.93. The summed E-state index contributed by atoms with van der Waals surface area (Å²) in [7, 11) is 1.94. The number of benzene rings is 1. The van der Waals surface area contributed by atoms with Crippen molar-refractivity contribution in [2.45, 2.75) is 26.3 Å². The maximum Gasteiger partial charge on any atom is 0.257 e. The lowest BCUT2D eigenvalue weighted by Crippen LogP contribution is -2.49. The number of carbonyl (C=O) groups excluding carboxylic acids is 2. The van der Waals surface area contributed by atoms with Crippen molar-refractivity contribution >= 4 is 29.3 Å². The maximum absolute atomic E-state index is 11.9. The zero-order valence-corrected chi connectivity index (χ0v) is 15.3. The Morgan fingerprint density at radius 2 is 2.00 bits per heavy atom. The molecule has 132 valence electrons. The molecular weight excluding hydrogens is 324 g/mol. The van der Waals surface area contributed by atoms with E-state index >= 15 is 0 Å². The molecule has 1 saturated heterocycles. The van der Waals surface area contributed by atoms with Crippen LogP contribution in [0.3, 0.4) is 0 Å². The zero-order valence-electron chi connectivity index (χ0n) is 14.5. The third-order valence-electron chi connectivity index (χ3n) is 4.08. The lowest BCUT2D eigenvalue weighted by molar-refractivity contribution is -0.128. The van der Waals surface area contributed by atoms with Crippen LogP contribution in [-0.2, 0) is 9.59 Å².